The van der Waals surface area contributed by atoms with Crippen molar-refractivity contribution in [3.05, 3.63) is 59.2 Å². The minimum atomic E-state index is -0.309. The summed E-state index contributed by atoms with van der Waals surface area (Å²) < 4.78 is 10.1. The van der Waals surface area contributed by atoms with Crippen LogP contribution in [-0.2, 0) is 16.0 Å². The van der Waals surface area contributed by atoms with Crippen molar-refractivity contribution in [1.82, 2.24) is 20.4 Å². The highest BCUT2D eigenvalue weighted by molar-refractivity contribution is 6.34. The van der Waals surface area contributed by atoms with E-state index in [-0.39, 0.29) is 29.7 Å². The van der Waals surface area contributed by atoms with Gasteiger partial charge in [-0.05, 0) is 30.3 Å². The Morgan fingerprint density at radius 2 is 2.13 bits per heavy atom. The molecule has 1 aromatic carbocycles. The number of carbonyl (C=O) groups excluding carboxylic acids is 2. The highest BCUT2D eigenvalue weighted by Crippen LogP contribution is 2.21. The summed E-state index contributed by atoms with van der Waals surface area (Å²) in [5.41, 5.74) is 1.54. The molecule has 2 aromatic heterocycles. The largest absolute Gasteiger partial charge is 0.383 e. The van der Waals surface area contributed by atoms with Crippen LogP contribution >= 0.6 is 11.6 Å². The molecular formula is C20H20ClN5O4. The van der Waals surface area contributed by atoms with Crippen molar-refractivity contribution >= 4 is 29.1 Å². The third kappa shape index (κ3) is 5.85. The van der Waals surface area contributed by atoms with Gasteiger partial charge in [0.2, 0.25) is 17.6 Å². The van der Waals surface area contributed by atoms with Crippen LogP contribution in [0.5, 0.6) is 0 Å². The standard InChI is InChI=1S/C20H20ClN5O4/c1-29-10-9-23-20(28)15-5-4-14(11-16(15)21)24-17(27)6-7-18-25-19(26-30-18)13-3-2-8-22-12-13/h2-5,8,11-12H,6-7,9-10H2,1H3,(H,23,28)(H,24,27). The van der Waals surface area contributed by atoms with E-state index in [1.165, 1.54) is 6.07 Å². The van der Waals surface area contributed by atoms with Crippen LogP contribution in [0.4, 0.5) is 5.69 Å². The van der Waals surface area contributed by atoms with Crippen molar-refractivity contribution in [1.29, 1.82) is 0 Å². The van der Waals surface area contributed by atoms with Crippen LogP contribution in [0.2, 0.25) is 5.02 Å². The molecule has 30 heavy (non-hydrogen) atoms. The lowest BCUT2D eigenvalue weighted by molar-refractivity contribution is -0.116. The highest BCUT2D eigenvalue weighted by atomic mass is 35.5. The number of rotatable bonds is 9. The van der Waals surface area contributed by atoms with Crippen molar-refractivity contribution in [2.45, 2.75) is 12.8 Å². The Morgan fingerprint density at radius 1 is 1.27 bits per heavy atom. The summed E-state index contributed by atoms with van der Waals surface area (Å²) in [6, 6.07) is 8.29. The van der Waals surface area contributed by atoms with Gasteiger partial charge in [0, 0.05) is 50.1 Å². The minimum absolute atomic E-state index is 0.144. The second-order valence-corrected chi connectivity index (χ2v) is 6.65. The Morgan fingerprint density at radius 3 is 2.87 bits per heavy atom. The molecular weight excluding hydrogens is 410 g/mol. The van der Waals surface area contributed by atoms with Gasteiger partial charge in [0.1, 0.15) is 0 Å². The van der Waals surface area contributed by atoms with E-state index in [1.54, 1.807) is 37.7 Å². The zero-order valence-electron chi connectivity index (χ0n) is 16.2. The number of halogens is 1. The summed E-state index contributed by atoms with van der Waals surface area (Å²) in [5, 5.41) is 9.55. The molecule has 0 saturated carbocycles. The number of aromatic nitrogens is 3. The normalized spacial score (nSPS) is 10.6. The number of ether oxygens (including phenoxy) is 1. The zero-order chi connectivity index (χ0) is 21.3. The number of nitrogens with zero attached hydrogens (tertiary/aromatic N) is 3. The van der Waals surface area contributed by atoms with Gasteiger partial charge in [-0.3, -0.25) is 14.6 Å². The van der Waals surface area contributed by atoms with Gasteiger partial charge in [0.25, 0.3) is 5.91 Å². The van der Waals surface area contributed by atoms with E-state index in [9.17, 15) is 9.59 Å². The molecule has 0 fully saturated rings. The van der Waals surface area contributed by atoms with E-state index < -0.39 is 0 Å². The molecule has 0 saturated heterocycles. The maximum atomic E-state index is 12.2. The maximum absolute atomic E-state index is 12.2. The predicted molar refractivity (Wildman–Crippen MR) is 110 cm³/mol. The van der Waals surface area contributed by atoms with Crippen LogP contribution in [0.3, 0.4) is 0 Å². The lowest BCUT2D eigenvalue weighted by Crippen LogP contribution is -2.27. The van der Waals surface area contributed by atoms with Gasteiger partial charge in [0.05, 0.1) is 17.2 Å². The molecule has 0 aliphatic carbocycles. The number of aryl methyl sites for hydroxylation is 1. The van der Waals surface area contributed by atoms with E-state index >= 15 is 0 Å². The lowest BCUT2D eigenvalue weighted by Gasteiger charge is -2.09. The fraction of sp³-hybridized carbons (Fsp3) is 0.250. The van der Waals surface area contributed by atoms with Crippen molar-refractivity contribution in [2.75, 3.05) is 25.6 Å². The molecule has 0 bridgehead atoms. The molecule has 0 atom stereocenters. The van der Waals surface area contributed by atoms with E-state index in [1.807, 2.05) is 6.07 Å². The quantitative estimate of drug-likeness (QED) is 0.502. The molecule has 2 N–H and O–H groups in total. The Kier molecular flexibility index (Phi) is 7.47. The van der Waals surface area contributed by atoms with E-state index in [2.05, 4.69) is 25.8 Å². The van der Waals surface area contributed by atoms with Gasteiger partial charge in [0.15, 0.2) is 0 Å². The fourth-order valence-corrected chi connectivity index (χ4v) is 2.82. The van der Waals surface area contributed by atoms with Crippen LogP contribution in [0.15, 0.2) is 47.2 Å². The molecule has 0 aliphatic rings. The number of methoxy groups -OCH3 is 1. The van der Waals surface area contributed by atoms with Crippen LogP contribution < -0.4 is 10.6 Å². The fourth-order valence-electron chi connectivity index (χ4n) is 2.55. The Bertz CT molecular complexity index is 1010. The van der Waals surface area contributed by atoms with E-state index in [0.29, 0.717) is 36.1 Å². The van der Waals surface area contributed by atoms with Gasteiger partial charge in [-0.1, -0.05) is 16.8 Å². The van der Waals surface area contributed by atoms with Gasteiger partial charge < -0.3 is 19.9 Å². The topological polar surface area (TPSA) is 119 Å². The van der Waals surface area contributed by atoms with Crippen LogP contribution in [0.1, 0.15) is 22.7 Å². The molecule has 9 nitrogen and oxygen atoms in total. The van der Waals surface area contributed by atoms with Crippen LogP contribution in [0, 0.1) is 0 Å². The van der Waals surface area contributed by atoms with E-state index in [4.69, 9.17) is 20.9 Å². The van der Waals surface area contributed by atoms with Crippen LogP contribution in [0.25, 0.3) is 11.4 Å². The molecule has 0 aliphatic heterocycles. The summed E-state index contributed by atoms with van der Waals surface area (Å²) in [6.45, 7) is 0.781. The number of nitrogens with one attached hydrogen (secondary N) is 2. The number of hydrogen-bond acceptors (Lipinski definition) is 7. The summed E-state index contributed by atoms with van der Waals surface area (Å²) in [4.78, 5) is 32.6. The van der Waals surface area contributed by atoms with Crippen molar-refractivity contribution < 1.29 is 18.8 Å². The highest BCUT2D eigenvalue weighted by Gasteiger charge is 2.13. The SMILES string of the molecule is COCCNC(=O)c1ccc(NC(=O)CCc2nc(-c3cccnc3)no2)cc1Cl. The maximum Gasteiger partial charge on any atom is 0.252 e. The van der Waals surface area contributed by atoms with Crippen molar-refractivity contribution in [3.8, 4) is 11.4 Å². The summed E-state index contributed by atoms with van der Waals surface area (Å²) in [6.07, 6.45) is 3.71. The average molecular weight is 430 g/mol. The molecule has 0 radical (unpaired) electrons. The smallest absolute Gasteiger partial charge is 0.252 e. The third-order valence-electron chi connectivity index (χ3n) is 4.04. The summed E-state index contributed by atoms with van der Waals surface area (Å²) in [5.74, 6) is 0.218. The predicted octanol–water partition coefficient (Wildman–Crippen LogP) is 2.73. The molecule has 156 valence electrons. The molecule has 0 spiro atoms. The second-order valence-electron chi connectivity index (χ2n) is 6.24. The first kappa shape index (κ1) is 21.4. The molecule has 2 amide bonds. The first-order valence-electron chi connectivity index (χ1n) is 9.16. The monoisotopic (exact) mass is 429 g/mol. The average Bonchev–Trinajstić information content (AvgIpc) is 3.22. The Hall–Kier alpha value is -3.30. The Balaban J connectivity index is 1.52. The lowest BCUT2D eigenvalue weighted by atomic mass is 10.2. The third-order valence-corrected chi connectivity index (χ3v) is 4.36. The number of amides is 2. The molecule has 0 unspecified atom stereocenters. The number of benzene rings is 1. The first-order valence-corrected chi connectivity index (χ1v) is 9.54. The first-order chi connectivity index (χ1) is 14.6. The Labute approximate surface area is 177 Å². The number of hydrogen-bond donors (Lipinski definition) is 2. The number of anilines is 1. The zero-order valence-corrected chi connectivity index (χ0v) is 17.0. The summed E-state index contributed by atoms with van der Waals surface area (Å²) >= 11 is 6.17. The molecule has 3 rings (SSSR count). The summed E-state index contributed by atoms with van der Waals surface area (Å²) in [7, 11) is 1.55. The molecule has 3 aromatic rings. The van der Waals surface area contributed by atoms with E-state index in [0.717, 1.165) is 5.56 Å². The minimum Gasteiger partial charge on any atom is -0.383 e. The van der Waals surface area contributed by atoms with Crippen LogP contribution in [-0.4, -0.2) is 47.2 Å². The number of carbonyl (C=O) groups is 2. The van der Waals surface area contributed by atoms with Crippen molar-refractivity contribution in [3.63, 3.8) is 0 Å². The van der Waals surface area contributed by atoms with Gasteiger partial charge in [-0.15, -0.1) is 0 Å². The van der Waals surface area contributed by atoms with Gasteiger partial charge in [-0.2, -0.15) is 4.98 Å². The van der Waals surface area contributed by atoms with Crippen molar-refractivity contribution in [2.24, 2.45) is 0 Å². The second kappa shape index (κ2) is 10.5. The van der Waals surface area contributed by atoms with Gasteiger partial charge in [-0.25, -0.2) is 0 Å². The molecule has 2 heterocycles. The van der Waals surface area contributed by atoms with Gasteiger partial charge >= 0.3 is 0 Å². The molecule has 10 heteroatoms. The number of pyridine rings is 1.